The van der Waals surface area contributed by atoms with E-state index >= 15 is 0 Å². The van der Waals surface area contributed by atoms with E-state index in [2.05, 4.69) is 42.6 Å². The second-order valence-electron chi connectivity index (χ2n) is 4.11. The first-order valence-electron chi connectivity index (χ1n) is 5.81. The minimum atomic E-state index is 0.355. The molecule has 0 aliphatic carbocycles. The summed E-state index contributed by atoms with van der Waals surface area (Å²) < 4.78 is 0.853. The van der Waals surface area contributed by atoms with Crippen molar-refractivity contribution in [3.05, 3.63) is 51.2 Å². The Morgan fingerprint density at radius 2 is 2.17 bits per heavy atom. The minimum absolute atomic E-state index is 0.355. The molecule has 1 atom stereocenters. The number of benzene rings is 1. The van der Waals surface area contributed by atoms with Crippen molar-refractivity contribution in [1.29, 1.82) is 0 Å². The van der Waals surface area contributed by atoms with Gasteiger partial charge in [-0.15, -0.1) is 23.1 Å². The molecule has 1 unspecified atom stereocenters. The number of aryl methyl sites for hydroxylation is 1. The lowest BCUT2D eigenvalue weighted by molar-refractivity contribution is 0.673. The second kappa shape index (κ2) is 6.62. The van der Waals surface area contributed by atoms with Gasteiger partial charge in [-0.3, -0.25) is 0 Å². The molecule has 0 bridgehead atoms. The van der Waals surface area contributed by atoms with E-state index < -0.39 is 0 Å². The Morgan fingerprint density at radius 3 is 2.78 bits per heavy atom. The first-order valence-corrected chi connectivity index (χ1v) is 7.99. The third-order valence-electron chi connectivity index (χ3n) is 2.69. The van der Waals surface area contributed by atoms with E-state index in [0.717, 1.165) is 10.1 Å². The summed E-state index contributed by atoms with van der Waals surface area (Å²) in [6, 6.07) is 13.0. The normalized spacial score (nSPS) is 12.6. The molecule has 0 amide bonds. The van der Waals surface area contributed by atoms with Gasteiger partial charge in [0.25, 0.3) is 0 Å². The van der Waals surface area contributed by atoms with Crippen LogP contribution in [0.3, 0.4) is 0 Å². The van der Waals surface area contributed by atoms with Crippen LogP contribution in [0.25, 0.3) is 0 Å². The van der Waals surface area contributed by atoms with Gasteiger partial charge in [-0.25, -0.2) is 0 Å². The summed E-state index contributed by atoms with van der Waals surface area (Å²) in [4.78, 5) is 2.61. The van der Waals surface area contributed by atoms with Crippen molar-refractivity contribution in [3.63, 3.8) is 0 Å². The molecule has 0 spiro atoms. The van der Waals surface area contributed by atoms with Gasteiger partial charge in [0.05, 0.1) is 10.4 Å². The third-order valence-corrected chi connectivity index (χ3v) is 5.12. The van der Waals surface area contributed by atoms with Crippen LogP contribution in [-0.4, -0.2) is 12.8 Å². The molecular formula is C14H16ClNS2. The fraction of sp³-hybridized carbons (Fsp3) is 0.286. The third kappa shape index (κ3) is 3.75. The number of thioether (sulfide) groups is 1. The van der Waals surface area contributed by atoms with E-state index in [1.165, 1.54) is 15.3 Å². The van der Waals surface area contributed by atoms with Crippen LogP contribution in [0, 0.1) is 6.92 Å². The predicted molar refractivity (Wildman–Crippen MR) is 83.0 cm³/mol. The molecule has 2 rings (SSSR count). The van der Waals surface area contributed by atoms with Gasteiger partial charge in [0.1, 0.15) is 0 Å². The van der Waals surface area contributed by atoms with Crippen molar-refractivity contribution in [2.24, 2.45) is 0 Å². The molecule has 0 fully saturated rings. The molecule has 0 radical (unpaired) electrons. The summed E-state index contributed by atoms with van der Waals surface area (Å²) in [5.74, 6) is 1.01. The number of nitrogens with one attached hydrogen (secondary N) is 1. The van der Waals surface area contributed by atoms with Crippen LogP contribution in [0.4, 0.5) is 0 Å². The van der Waals surface area contributed by atoms with Gasteiger partial charge in [-0.1, -0.05) is 29.3 Å². The lowest BCUT2D eigenvalue weighted by Crippen LogP contribution is -2.17. The Bertz CT molecular complexity index is 510. The Kier molecular flexibility index (Phi) is 5.13. The molecule has 1 nitrogen and oxygen atoms in total. The number of thiophene rings is 1. The number of hydrogen-bond acceptors (Lipinski definition) is 3. The highest BCUT2D eigenvalue weighted by molar-refractivity contribution is 7.99. The number of halogens is 1. The predicted octanol–water partition coefficient (Wildman–Crippen LogP) is 4.76. The SMILES string of the molecule is CNC(CSc1cccc(C)c1)c1ccc(Cl)s1. The molecule has 0 aliphatic heterocycles. The summed E-state index contributed by atoms with van der Waals surface area (Å²) in [7, 11) is 2.00. The van der Waals surface area contributed by atoms with Crippen LogP contribution in [0.1, 0.15) is 16.5 Å². The number of rotatable bonds is 5. The summed E-state index contributed by atoms with van der Waals surface area (Å²) in [5.41, 5.74) is 1.31. The Morgan fingerprint density at radius 1 is 1.33 bits per heavy atom. The van der Waals surface area contributed by atoms with E-state index in [9.17, 15) is 0 Å². The van der Waals surface area contributed by atoms with E-state index in [0.29, 0.717) is 6.04 Å². The van der Waals surface area contributed by atoms with Crippen LogP contribution in [0.5, 0.6) is 0 Å². The largest absolute Gasteiger partial charge is 0.312 e. The molecule has 4 heteroatoms. The zero-order valence-corrected chi connectivity index (χ0v) is 12.8. The van der Waals surface area contributed by atoms with Crippen LogP contribution < -0.4 is 5.32 Å². The topological polar surface area (TPSA) is 12.0 Å². The van der Waals surface area contributed by atoms with Crippen molar-refractivity contribution in [1.82, 2.24) is 5.32 Å². The highest BCUT2D eigenvalue weighted by atomic mass is 35.5. The van der Waals surface area contributed by atoms with E-state index in [1.807, 2.05) is 24.9 Å². The fourth-order valence-corrected chi connectivity index (χ4v) is 4.13. The Balaban J connectivity index is 1.99. The van der Waals surface area contributed by atoms with Crippen LogP contribution in [0.2, 0.25) is 4.34 Å². The van der Waals surface area contributed by atoms with Gasteiger partial charge >= 0.3 is 0 Å². The van der Waals surface area contributed by atoms with Crippen LogP contribution in [0.15, 0.2) is 41.3 Å². The van der Waals surface area contributed by atoms with Crippen molar-refractivity contribution < 1.29 is 0 Å². The van der Waals surface area contributed by atoms with Gasteiger partial charge < -0.3 is 5.32 Å². The van der Waals surface area contributed by atoms with Gasteiger partial charge in [0.2, 0.25) is 0 Å². The zero-order chi connectivity index (χ0) is 13.0. The molecule has 0 saturated heterocycles. The molecular weight excluding hydrogens is 282 g/mol. The minimum Gasteiger partial charge on any atom is -0.312 e. The van der Waals surface area contributed by atoms with E-state index in [-0.39, 0.29) is 0 Å². The zero-order valence-electron chi connectivity index (χ0n) is 10.4. The molecule has 1 N–H and O–H groups in total. The molecule has 18 heavy (non-hydrogen) atoms. The van der Waals surface area contributed by atoms with E-state index in [1.54, 1.807) is 11.3 Å². The molecule has 0 aliphatic rings. The second-order valence-corrected chi connectivity index (χ2v) is 6.95. The van der Waals surface area contributed by atoms with Crippen LogP contribution in [-0.2, 0) is 0 Å². The molecule has 0 saturated carbocycles. The highest BCUT2D eigenvalue weighted by Crippen LogP contribution is 2.31. The fourth-order valence-electron chi connectivity index (χ4n) is 1.71. The quantitative estimate of drug-likeness (QED) is 0.798. The lowest BCUT2D eigenvalue weighted by Gasteiger charge is -2.14. The van der Waals surface area contributed by atoms with Crippen molar-refractivity contribution in [2.75, 3.05) is 12.8 Å². The molecule has 1 aromatic heterocycles. The molecule has 2 aromatic rings. The van der Waals surface area contributed by atoms with Crippen LogP contribution >= 0.6 is 34.7 Å². The first kappa shape index (κ1) is 13.9. The van der Waals surface area contributed by atoms with Crippen molar-refractivity contribution in [2.45, 2.75) is 17.9 Å². The molecule has 96 valence electrons. The maximum atomic E-state index is 5.98. The summed E-state index contributed by atoms with van der Waals surface area (Å²) in [6.07, 6.45) is 0. The summed E-state index contributed by atoms with van der Waals surface area (Å²) >= 11 is 9.50. The summed E-state index contributed by atoms with van der Waals surface area (Å²) in [6.45, 7) is 2.12. The number of hydrogen-bond donors (Lipinski definition) is 1. The molecule has 1 aromatic carbocycles. The summed E-state index contributed by atoms with van der Waals surface area (Å²) in [5, 5.41) is 3.35. The lowest BCUT2D eigenvalue weighted by atomic mass is 10.2. The standard InChI is InChI=1S/C14H16ClNS2/c1-10-4-3-5-11(8-10)17-9-12(16-2)13-6-7-14(15)18-13/h3-8,12,16H,9H2,1-2H3. The average molecular weight is 298 g/mol. The smallest absolute Gasteiger partial charge is 0.0931 e. The maximum absolute atomic E-state index is 5.98. The molecule has 1 heterocycles. The average Bonchev–Trinajstić information content (AvgIpc) is 2.77. The van der Waals surface area contributed by atoms with E-state index in [4.69, 9.17) is 11.6 Å². The highest BCUT2D eigenvalue weighted by Gasteiger charge is 2.12. The Hall–Kier alpha value is -0.480. The van der Waals surface area contributed by atoms with Gasteiger partial charge in [0, 0.05) is 15.5 Å². The van der Waals surface area contributed by atoms with Gasteiger partial charge in [-0.2, -0.15) is 0 Å². The van der Waals surface area contributed by atoms with Crippen molar-refractivity contribution in [3.8, 4) is 0 Å². The van der Waals surface area contributed by atoms with Gasteiger partial charge in [0.15, 0.2) is 0 Å². The monoisotopic (exact) mass is 297 g/mol. The first-order chi connectivity index (χ1) is 8.69. The maximum Gasteiger partial charge on any atom is 0.0931 e. The Labute approximate surface area is 122 Å². The van der Waals surface area contributed by atoms with Crippen molar-refractivity contribution >= 4 is 34.7 Å². The van der Waals surface area contributed by atoms with Gasteiger partial charge in [-0.05, 0) is 38.2 Å².